The largest absolute Gasteiger partial charge is 0.490 e. The van der Waals surface area contributed by atoms with Crippen LogP contribution in [-0.2, 0) is 4.79 Å². The van der Waals surface area contributed by atoms with Crippen LogP contribution in [-0.4, -0.2) is 39.5 Å². The Balaban J connectivity index is 2.31. The molecule has 21 heavy (non-hydrogen) atoms. The number of ether oxygens (including phenoxy) is 1. The average Bonchev–Trinajstić information content (AvgIpc) is 2.75. The number of aliphatic carboxylic acids is 1. The number of nitrogens with one attached hydrogen (secondary N) is 1. The first-order valence-electron chi connectivity index (χ1n) is 6.65. The lowest BCUT2D eigenvalue weighted by Gasteiger charge is -2.06. The summed E-state index contributed by atoms with van der Waals surface area (Å²) in [5, 5.41) is 11.2. The Labute approximate surface area is 121 Å². The predicted molar refractivity (Wildman–Crippen MR) is 75.7 cm³/mol. The quantitative estimate of drug-likeness (QED) is 0.835. The van der Waals surface area contributed by atoms with Crippen LogP contribution in [0.15, 0.2) is 18.3 Å². The van der Waals surface area contributed by atoms with Gasteiger partial charge in [-0.1, -0.05) is 0 Å². The number of aryl methyl sites for hydroxylation is 1. The lowest BCUT2D eigenvalue weighted by molar-refractivity contribution is -0.136. The molecule has 7 heteroatoms. The minimum Gasteiger partial charge on any atom is -0.490 e. The van der Waals surface area contributed by atoms with Crippen molar-refractivity contribution in [1.29, 1.82) is 0 Å². The Morgan fingerprint density at radius 3 is 2.90 bits per heavy atom. The van der Waals surface area contributed by atoms with Crippen LogP contribution in [0, 0.1) is 6.92 Å². The van der Waals surface area contributed by atoms with Crippen molar-refractivity contribution >= 4 is 17.5 Å². The lowest BCUT2D eigenvalue weighted by Crippen LogP contribution is -2.27. The van der Waals surface area contributed by atoms with Crippen molar-refractivity contribution in [2.24, 2.45) is 0 Å². The minimum atomic E-state index is -0.955. The molecule has 2 rings (SSSR count). The summed E-state index contributed by atoms with van der Waals surface area (Å²) in [6.07, 6.45) is 1.61. The molecule has 0 aliphatic heterocycles. The maximum atomic E-state index is 12.2. The summed E-state index contributed by atoms with van der Waals surface area (Å²) in [5.41, 5.74) is 1.52. The summed E-state index contributed by atoms with van der Waals surface area (Å²) in [7, 11) is 0. The SMILES string of the molecule is CCOc1cccn2c(C(=O)NCCC(=O)O)c(C)nc12. The van der Waals surface area contributed by atoms with Gasteiger partial charge in [0.2, 0.25) is 0 Å². The number of hydrogen-bond acceptors (Lipinski definition) is 4. The molecule has 112 valence electrons. The number of pyridine rings is 1. The first kappa shape index (κ1) is 14.8. The zero-order valence-corrected chi connectivity index (χ0v) is 11.9. The van der Waals surface area contributed by atoms with Crippen molar-refractivity contribution in [2.75, 3.05) is 13.2 Å². The highest BCUT2D eigenvalue weighted by atomic mass is 16.5. The third-order valence-corrected chi connectivity index (χ3v) is 2.93. The highest BCUT2D eigenvalue weighted by Gasteiger charge is 2.18. The van der Waals surface area contributed by atoms with Gasteiger partial charge in [0.05, 0.1) is 18.7 Å². The molecule has 2 heterocycles. The number of carbonyl (C=O) groups excluding carboxylic acids is 1. The van der Waals surface area contributed by atoms with Gasteiger partial charge in [-0.15, -0.1) is 0 Å². The third kappa shape index (κ3) is 3.13. The van der Waals surface area contributed by atoms with Gasteiger partial charge in [0, 0.05) is 12.7 Å². The Morgan fingerprint density at radius 2 is 2.24 bits per heavy atom. The molecular weight excluding hydrogens is 274 g/mol. The number of carbonyl (C=O) groups is 2. The van der Waals surface area contributed by atoms with Gasteiger partial charge in [0.15, 0.2) is 11.4 Å². The first-order chi connectivity index (χ1) is 10.0. The number of imidazole rings is 1. The van der Waals surface area contributed by atoms with Crippen LogP contribution in [0.4, 0.5) is 0 Å². The van der Waals surface area contributed by atoms with E-state index in [4.69, 9.17) is 9.84 Å². The number of carboxylic acids is 1. The Hall–Kier alpha value is -2.57. The van der Waals surface area contributed by atoms with Crippen LogP contribution >= 0.6 is 0 Å². The number of aromatic nitrogens is 2. The molecule has 0 atom stereocenters. The van der Waals surface area contributed by atoms with Crippen molar-refractivity contribution < 1.29 is 19.4 Å². The summed E-state index contributed by atoms with van der Waals surface area (Å²) >= 11 is 0. The van der Waals surface area contributed by atoms with E-state index in [1.807, 2.05) is 6.92 Å². The Kier molecular flexibility index (Phi) is 4.42. The highest BCUT2D eigenvalue weighted by Crippen LogP contribution is 2.21. The number of amides is 1. The van der Waals surface area contributed by atoms with Gasteiger partial charge in [-0.2, -0.15) is 0 Å². The van der Waals surface area contributed by atoms with Gasteiger partial charge >= 0.3 is 5.97 Å². The normalized spacial score (nSPS) is 10.6. The molecule has 0 aliphatic carbocycles. The molecule has 0 spiro atoms. The van der Waals surface area contributed by atoms with Crippen molar-refractivity contribution in [3.8, 4) is 5.75 Å². The number of hydrogen-bond donors (Lipinski definition) is 2. The van der Waals surface area contributed by atoms with E-state index in [9.17, 15) is 9.59 Å². The van der Waals surface area contributed by atoms with Crippen LogP contribution in [0.2, 0.25) is 0 Å². The van der Waals surface area contributed by atoms with E-state index in [0.29, 0.717) is 29.4 Å². The van der Waals surface area contributed by atoms with E-state index in [2.05, 4.69) is 10.3 Å². The van der Waals surface area contributed by atoms with E-state index in [1.165, 1.54) is 0 Å². The third-order valence-electron chi connectivity index (χ3n) is 2.93. The predicted octanol–water partition coefficient (Wildman–Crippen LogP) is 1.25. The second kappa shape index (κ2) is 6.25. The standard InChI is InChI=1S/C14H17N3O4/c1-3-21-10-5-4-8-17-12(9(2)16-13(10)17)14(20)15-7-6-11(18)19/h4-5,8H,3,6-7H2,1-2H3,(H,15,20)(H,18,19). The maximum absolute atomic E-state index is 12.2. The summed E-state index contributed by atoms with van der Waals surface area (Å²) in [4.78, 5) is 27.0. The van der Waals surface area contributed by atoms with Crippen LogP contribution < -0.4 is 10.1 Å². The highest BCUT2D eigenvalue weighted by molar-refractivity contribution is 5.95. The Bertz CT molecular complexity index is 678. The van der Waals surface area contributed by atoms with E-state index in [0.717, 1.165) is 0 Å². The van der Waals surface area contributed by atoms with E-state index in [-0.39, 0.29) is 18.9 Å². The van der Waals surface area contributed by atoms with Crippen molar-refractivity contribution in [3.05, 3.63) is 29.7 Å². The molecule has 0 aromatic carbocycles. The molecule has 0 unspecified atom stereocenters. The smallest absolute Gasteiger partial charge is 0.305 e. The molecule has 2 aromatic rings. The molecule has 0 saturated heterocycles. The van der Waals surface area contributed by atoms with Gasteiger partial charge in [-0.05, 0) is 26.0 Å². The Morgan fingerprint density at radius 1 is 1.48 bits per heavy atom. The molecule has 2 aromatic heterocycles. The van der Waals surface area contributed by atoms with E-state index in [1.54, 1.807) is 29.7 Å². The van der Waals surface area contributed by atoms with Crippen LogP contribution in [0.25, 0.3) is 5.65 Å². The van der Waals surface area contributed by atoms with Crippen LogP contribution in [0.3, 0.4) is 0 Å². The molecule has 1 amide bonds. The topological polar surface area (TPSA) is 92.9 Å². The second-order valence-electron chi connectivity index (χ2n) is 4.44. The summed E-state index contributed by atoms with van der Waals surface area (Å²) in [5.74, 6) is -0.702. The van der Waals surface area contributed by atoms with Gasteiger partial charge in [-0.3, -0.25) is 14.0 Å². The first-order valence-corrected chi connectivity index (χ1v) is 6.65. The zero-order chi connectivity index (χ0) is 15.4. The molecule has 0 fully saturated rings. The summed E-state index contributed by atoms with van der Waals surface area (Å²) < 4.78 is 7.14. The van der Waals surface area contributed by atoms with E-state index >= 15 is 0 Å². The van der Waals surface area contributed by atoms with E-state index < -0.39 is 5.97 Å². The van der Waals surface area contributed by atoms with Gasteiger partial charge < -0.3 is 15.2 Å². The molecule has 0 radical (unpaired) electrons. The molecule has 0 aliphatic rings. The fourth-order valence-electron chi connectivity index (χ4n) is 2.06. The molecule has 0 saturated carbocycles. The zero-order valence-electron chi connectivity index (χ0n) is 11.9. The van der Waals surface area contributed by atoms with Crippen molar-refractivity contribution in [1.82, 2.24) is 14.7 Å². The van der Waals surface area contributed by atoms with Crippen LogP contribution in [0.5, 0.6) is 5.75 Å². The lowest BCUT2D eigenvalue weighted by atomic mass is 10.3. The molecule has 0 bridgehead atoms. The maximum Gasteiger partial charge on any atom is 0.305 e. The average molecular weight is 291 g/mol. The molecule has 7 nitrogen and oxygen atoms in total. The summed E-state index contributed by atoms with van der Waals surface area (Å²) in [6.45, 7) is 4.19. The number of nitrogens with zero attached hydrogens (tertiary/aromatic N) is 2. The van der Waals surface area contributed by atoms with Gasteiger partial charge in [-0.25, -0.2) is 4.98 Å². The fraction of sp³-hybridized carbons (Fsp3) is 0.357. The minimum absolute atomic E-state index is 0.0754. The monoisotopic (exact) mass is 291 g/mol. The van der Waals surface area contributed by atoms with Gasteiger partial charge in [0.1, 0.15) is 5.69 Å². The number of fused-ring (bicyclic) bond motifs is 1. The molecule has 2 N–H and O–H groups in total. The number of carboxylic acid groups (broad SMARTS) is 1. The van der Waals surface area contributed by atoms with Gasteiger partial charge in [0.25, 0.3) is 5.91 Å². The van der Waals surface area contributed by atoms with Crippen molar-refractivity contribution in [3.63, 3.8) is 0 Å². The van der Waals surface area contributed by atoms with Crippen molar-refractivity contribution in [2.45, 2.75) is 20.3 Å². The second-order valence-corrected chi connectivity index (χ2v) is 4.44. The molecular formula is C14H17N3O4. The number of rotatable bonds is 6. The summed E-state index contributed by atoms with van der Waals surface area (Å²) in [6, 6.07) is 3.56. The van der Waals surface area contributed by atoms with Crippen LogP contribution in [0.1, 0.15) is 29.5 Å². The fourth-order valence-corrected chi connectivity index (χ4v) is 2.06.